The van der Waals surface area contributed by atoms with Crippen LogP contribution in [-0.4, -0.2) is 39.7 Å². The third-order valence-corrected chi connectivity index (χ3v) is 2.90. The number of aromatic nitrogens is 1. The van der Waals surface area contributed by atoms with E-state index in [1.807, 2.05) is 6.92 Å². The molecule has 0 aliphatic rings. The minimum Gasteiger partial charge on any atom is -0.478 e. The van der Waals surface area contributed by atoms with Crippen molar-refractivity contribution in [2.75, 3.05) is 6.54 Å². The minimum absolute atomic E-state index is 0.0871. The molecule has 1 amide bonds. The van der Waals surface area contributed by atoms with E-state index in [9.17, 15) is 14.7 Å². The second-order valence-corrected chi connectivity index (χ2v) is 5.03. The Bertz CT molecular complexity index is 500. The number of aryl methyl sites for hydroxylation is 1. The first kappa shape index (κ1) is 16.1. The average molecular weight is 280 g/mol. The van der Waals surface area contributed by atoms with Gasteiger partial charge in [-0.1, -0.05) is 6.92 Å². The van der Waals surface area contributed by atoms with Crippen LogP contribution >= 0.6 is 0 Å². The Morgan fingerprint density at radius 1 is 1.35 bits per heavy atom. The Morgan fingerprint density at radius 2 is 2.00 bits per heavy atom. The van der Waals surface area contributed by atoms with Gasteiger partial charge in [0.15, 0.2) is 0 Å². The number of aromatic carboxylic acids is 1. The Balaban J connectivity index is 2.64. The van der Waals surface area contributed by atoms with Crippen molar-refractivity contribution in [3.8, 4) is 0 Å². The molecule has 20 heavy (non-hydrogen) atoms. The summed E-state index contributed by atoms with van der Waals surface area (Å²) in [6.45, 7) is 5.62. The summed E-state index contributed by atoms with van der Waals surface area (Å²) in [5, 5.41) is 20.9. The predicted octanol–water partition coefficient (Wildman–Crippen LogP) is 1.23. The molecule has 0 bridgehead atoms. The summed E-state index contributed by atoms with van der Waals surface area (Å²) in [4.78, 5) is 26.7. The van der Waals surface area contributed by atoms with E-state index < -0.39 is 12.1 Å². The topological polar surface area (TPSA) is 99.5 Å². The normalized spacial score (nSPS) is 13.6. The van der Waals surface area contributed by atoms with Crippen molar-refractivity contribution < 1.29 is 19.8 Å². The summed E-state index contributed by atoms with van der Waals surface area (Å²) in [6, 6.07) is 2.77. The zero-order chi connectivity index (χ0) is 15.3. The van der Waals surface area contributed by atoms with Crippen molar-refractivity contribution in [1.82, 2.24) is 10.3 Å². The largest absolute Gasteiger partial charge is 0.478 e. The van der Waals surface area contributed by atoms with Gasteiger partial charge >= 0.3 is 5.97 Å². The van der Waals surface area contributed by atoms with Crippen LogP contribution in [-0.2, 0) is 0 Å². The van der Waals surface area contributed by atoms with Crippen molar-refractivity contribution in [2.24, 2.45) is 5.92 Å². The Morgan fingerprint density at radius 3 is 2.50 bits per heavy atom. The summed E-state index contributed by atoms with van der Waals surface area (Å²) in [6.07, 6.45) is 0.196. The van der Waals surface area contributed by atoms with E-state index in [0.717, 1.165) is 0 Å². The van der Waals surface area contributed by atoms with Crippen molar-refractivity contribution in [3.05, 3.63) is 29.1 Å². The van der Waals surface area contributed by atoms with Gasteiger partial charge in [-0.2, -0.15) is 0 Å². The highest BCUT2D eigenvalue weighted by molar-refractivity contribution is 5.94. The molecule has 0 radical (unpaired) electrons. The number of amides is 1. The van der Waals surface area contributed by atoms with Gasteiger partial charge in [-0.05, 0) is 38.3 Å². The van der Waals surface area contributed by atoms with E-state index in [-0.39, 0.29) is 23.1 Å². The number of hydrogen-bond donors (Lipinski definition) is 3. The van der Waals surface area contributed by atoms with Crippen LogP contribution in [0.2, 0.25) is 0 Å². The van der Waals surface area contributed by atoms with E-state index in [0.29, 0.717) is 18.7 Å². The number of aliphatic hydroxyl groups excluding tert-OH is 1. The molecule has 1 heterocycles. The molecule has 2 unspecified atom stereocenters. The van der Waals surface area contributed by atoms with Gasteiger partial charge in [0.05, 0.1) is 17.4 Å². The maximum Gasteiger partial charge on any atom is 0.337 e. The van der Waals surface area contributed by atoms with Crippen LogP contribution < -0.4 is 5.32 Å². The van der Waals surface area contributed by atoms with Gasteiger partial charge in [0.25, 0.3) is 5.91 Å². The molecule has 1 aromatic heterocycles. The third-order valence-electron chi connectivity index (χ3n) is 2.90. The molecule has 3 N–H and O–H groups in total. The first-order valence-corrected chi connectivity index (χ1v) is 6.48. The van der Waals surface area contributed by atoms with Crippen LogP contribution in [0.15, 0.2) is 12.1 Å². The molecule has 0 fully saturated rings. The van der Waals surface area contributed by atoms with Gasteiger partial charge in [-0.15, -0.1) is 0 Å². The van der Waals surface area contributed by atoms with E-state index in [4.69, 9.17) is 5.11 Å². The molecule has 0 saturated heterocycles. The molecule has 2 atom stereocenters. The second kappa shape index (κ2) is 7.00. The number of carboxylic acids is 1. The standard InChI is InChI=1S/C14H20N2O4/c1-8(6-9(2)17)7-15-13(18)12-5-4-11(14(19)20)10(3)16-12/h4-5,8-9,17H,6-7H2,1-3H3,(H,15,18)(H,19,20). The first-order valence-electron chi connectivity index (χ1n) is 6.48. The van der Waals surface area contributed by atoms with Crippen LogP contribution in [0, 0.1) is 12.8 Å². The lowest BCUT2D eigenvalue weighted by atomic mass is 10.0. The molecule has 1 aromatic rings. The summed E-state index contributed by atoms with van der Waals surface area (Å²) in [7, 11) is 0. The molecule has 0 saturated carbocycles. The molecule has 0 spiro atoms. The van der Waals surface area contributed by atoms with Gasteiger partial charge in [-0.25, -0.2) is 9.78 Å². The number of hydrogen-bond acceptors (Lipinski definition) is 4. The van der Waals surface area contributed by atoms with E-state index >= 15 is 0 Å². The molecule has 6 nitrogen and oxygen atoms in total. The monoisotopic (exact) mass is 280 g/mol. The van der Waals surface area contributed by atoms with Gasteiger partial charge in [0, 0.05) is 6.54 Å². The molecule has 110 valence electrons. The quantitative estimate of drug-likeness (QED) is 0.727. The fourth-order valence-electron chi connectivity index (χ4n) is 1.94. The average Bonchev–Trinajstić information content (AvgIpc) is 2.34. The number of carboxylic acid groups (broad SMARTS) is 1. The van der Waals surface area contributed by atoms with Crippen molar-refractivity contribution in [3.63, 3.8) is 0 Å². The van der Waals surface area contributed by atoms with Crippen LogP contribution in [0.3, 0.4) is 0 Å². The number of nitrogens with one attached hydrogen (secondary N) is 1. The highest BCUT2D eigenvalue weighted by atomic mass is 16.4. The Hall–Kier alpha value is -1.95. The van der Waals surface area contributed by atoms with Crippen molar-refractivity contribution >= 4 is 11.9 Å². The van der Waals surface area contributed by atoms with Gasteiger partial charge in [0.2, 0.25) is 0 Å². The van der Waals surface area contributed by atoms with Gasteiger partial charge in [0.1, 0.15) is 5.69 Å². The number of aliphatic hydroxyl groups is 1. The van der Waals surface area contributed by atoms with E-state index in [1.54, 1.807) is 13.8 Å². The molecule has 1 rings (SSSR count). The lowest BCUT2D eigenvalue weighted by Gasteiger charge is -2.14. The summed E-state index contributed by atoms with van der Waals surface area (Å²) >= 11 is 0. The summed E-state index contributed by atoms with van der Waals surface area (Å²) < 4.78 is 0. The second-order valence-electron chi connectivity index (χ2n) is 5.03. The molecular weight excluding hydrogens is 260 g/mol. The van der Waals surface area contributed by atoms with Crippen molar-refractivity contribution in [2.45, 2.75) is 33.3 Å². The summed E-state index contributed by atoms with van der Waals surface area (Å²) in [5.74, 6) is -1.26. The zero-order valence-electron chi connectivity index (χ0n) is 11.9. The fourth-order valence-corrected chi connectivity index (χ4v) is 1.94. The summed E-state index contributed by atoms with van der Waals surface area (Å²) in [5.41, 5.74) is 0.586. The van der Waals surface area contributed by atoms with E-state index in [1.165, 1.54) is 12.1 Å². The molecule has 0 aliphatic carbocycles. The van der Waals surface area contributed by atoms with Crippen LogP contribution in [0.5, 0.6) is 0 Å². The number of carbonyl (C=O) groups is 2. The molecule has 6 heteroatoms. The Labute approximate surface area is 117 Å². The fraction of sp³-hybridized carbons (Fsp3) is 0.500. The molecular formula is C14H20N2O4. The smallest absolute Gasteiger partial charge is 0.337 e. The van der Waals surface area contributed by atoms with Crippen LogP contribution in [0.4, 0.5) is 0 Å². The van der Waals surface area contributed by atoms with Gasteiger partial charge < -0.3 is 15.5 Å². The van der Waals surface area contributed by atoms with Gasteiger partial charge in [-0.3, -0.25) is 4.79 Å². The maximum absolute atomic E-state index is 11.9. The zero-order valence-corrected chi connectivity index (χ0v) is 11.9. The number of pyridine rings is 1. The van der Waals surface area contributed by atoms with E-state index in [2.05, 4.69) is 10.3 Å². The first-order chi connectivity index (χ1) is 9.31. The highest BCUT2D eigenvalue weighted by Crippen LogP contribution is 2.08. The van der Waals surface area contributed by atoms with Crippen molar-refractivity contribution in [1.29, 1.82) is 0 Å². The van der Waals surface area contributed by atoms with Crippen LogP contribution in [0.25, 0.3) is 0 Å². The third kappa shape index (κ3) is 4.62. The minimum atomic E-state index is -1.06. The Kier molecular flexibility index (Phi) is 5.64. The number of rotatable bonds is 6. The lowest BCUT2D eigenvalue weighted by molar-refractivity contribution is 0.0694. The lowest BCUT2D eigenvalue weighted by Crippen LogP contribution is -2.30. The highest BCUT2D eigenvalue weighted by Gasteiger charge is 2.14. The molecule has 0 aromatic carbocycles. The SMILES string of the molecule is Cc1nc(C(=O)NCC(C)CC(C)O)ccc1C(=O)O. The maximum atomic E-state index is 11.9. The number of nitrogens with zero attached hydrogens (tertiary/aromatic N) is 1. The van der Waals surface area contributed by atoms with Crippen LogP contribution in [0.1, 0.15) is 46.8 Å². The predicted molar refractivity (Wildman–Crippen MR) is 73.7 cm³/mol. The number of carbonyl (C=O) groups excluding carboxylic acids is 1. The molecule has 0 aliphatic heterocycles.